The van der Waals surface area contributed by atoms with Gasteiger partial charge < -0.3 is 14.6 Å². The van der Waals surface area contributed by atoms with Crippen LogP contribution in [0.15, 0.2) is 83.9 Å². The molecule has 0 saturated heterocycles. The van der Waals surface area contributed by atoms with E-state index in [-0.39, 0.29) is 28.7 Å². The van der Waals surface area contributed by atoms with Crippen molar-refractivity contribution in [3.05, 3.63) is 95.6 Å². The molecule has 2 aliphatic rings. The molecule has 0 spiro atoms. The highest BCUT2D eigenvalue weighted by Gasteiger charge is 2.55. The summed E-state index contributed by atoms with van der Waals surface area (Å²) in [4.78, 5) is 9.60. The first-order chi connectivity index (χ1) is 16.7. The van der Waals surface area contributed by atoms with Crippen LogP contribution in [0.4, 0.5) is 0 Å². The fraction of sp³-hybridized carbons (Fsp3) is 0.267. The summed E-state index contributed by atoms with van der Waals surface area (Å²) >= 11 is 0. The Hall–Kier alpha value is -3.86. The molecule has 5 heteroatoms. The molecule has 0 fully saturated rings. The van der Waals surface area contributed by atoms with Crippen molar-refractivity contribution in [2.45, 2.75) is 50.7 Å². The van der Waals surface area contributed by atoms with Crippen LogP contribution in [0.5, 0.6) is 17.4 Å². The summed E-state index contributed by atoms with van der Waals surface area (Å²) in [6.45, 7) is 9.01. The maximum atomic E-state index is 10.2. The Kier molecular flexibility index (Phi) is 4.69. The first-order valence-corrected chi connectivity index (χ1v) is 12.0. The predicted octanol–water partition coefficient (Wildman–Crippen LogP) is 6.52. The van der Waals surface area contributed by atoms with E-state index < -0.39 is 0 Å². The van der Waals surface area contributed by atoms with Crippen LogP contribution in [0.3, 0.4) is 0 Å². The summed E-state index contributed by atoms with van der Waals surface area (Å²) in [5.74, 6) is 1.82. The SMILES string of the molecule is CC1(C)c2ccccc2C(C)(C)[C@H]2OC(c3cccc(Oc4ccc5cccc(O)c5n4)c3)=N[C@H]21. The highest BCUT2D eigenvalue weighted by Crippen LogP contribution is 2.50. The number of rotatable bonds is 3. The van der Waals surface area contributed by atoms with Gasteiger partial charge in [0.1, 0.15) is 29.2 Å². The number of phenols is 1. The maximum Gasteiger partial charge on any atom is 0.219 e. The standard InChI is InChI=1S/C30H28N2O3/c1-29(2)21-12-5-6-13-22(21)30(3,4)27-26(29)32-28(35-27)19-10-7-11-20(17-19)34-24-16-15-18-9-8-14-23(33)25(18)31-24/h5-17,26-27,33H,1-4H3/t26-,27+/m1/s1. The number of fused-ring (bicyclic) bond motifs is 3. The zero-order valence-electron chi connectivity index (χ0n) is 20.3. The number of hydrogen-bond acceptors (Lipinski definition) is 5. The number of aromatic hydroxyl groups is 1. The van der Waals surface area contributed by atoms with Gasteiger partial charge in [-0.1, -0.05) is 70.2 Å². The molecule has 0 amide bonds. The van der Waals surface area contributed by atoms with Gasteiger partial charge in [0, 0.05) is 27.8 Å². The Morgan fingerprint density at radius 3 is 2.37 bits per heavy atom. The van der Waals surface area contributed by atoms with Gasteiger partial charge in [0.05, 0.1) is 0 Å². The normalized spacial score (nSPS) is 21.5. The van der Waals surface area contributed by atoms with E-state index >= 15 is 0 Å². The summed E-state index contributed by atoms with van der Waals surface area (Å²) in [6, 6.07) is 25.4. The number of nitrogens with zero attached hydrogens (tertiary/aromatic N) is 2. The van der Waals surface area contributed by atoms with E-state index in [1.54, 1.807) is 18.2 Å². The average molecular weight is 465 g/mol. The fourth-order valence-electron chi connectivity index (χ4n) is 5.54. The number of hydrogen-bond donors (Lipinski definition) is 1. The van der Waals surface area contributed by atoms with E-state index in [4.69, 9.17) is 14.5 Å². The van der Waals surface area contributed by atoms with Crippen LogP contribution in [0.1, 0.15) is 44.4 Å². The van der Waals surface area contributed by atoms with E-state index in [0.29, 0.717) is 23.0 Å². The molecule has 3 aromatic carbocycles. The lowest BCUT2D eigenvalue weighted by Gasteiger charge is -2.48. The van der Waals surface area contributed by atoms with Gasteiger partial charge in [-0.25, -0.2) is 9.98 Å². The third-order valence-electron chi connectivity index (χ3n) is 7.52. The van der Waals surface area contributed by atoms with Crippen LogP contribution in [-0.4, -0.2) is 28.1 Å². The molecule has 1 aliphatic heterocycles. The van der Waals surface area contributed by atoms with Crippen LogP contribution in [0, 0.1) is 0 Å². The number of para-hydroxylation sites is 1. The van der Waals surface area contributed by atoms with Gasteiger partial charge in [0.15, 0.2) is 0 Å². The summed E-state index contributed by atoms with van der Waals surface area (Å²) in [5.41, 5.74) is 3.72. The molecule has 2 heterocycles. The van der Waals surface area contributed by atoms with Crippen molar-refractivity contribution in [2.75, 3.05) is 0 Å². The van der Waals surface area contributed by atoms with Gasteiger partial charge in [-0.15, -0.1) is 0 Å². The second-order valence-electron chi connectivity index (χ2n) is 10.5. The zero-order valence-corrected chi connectivity index (χ0v) is 20.3. The molecule has 0 radical (unpaired) electrons. The first-order valence-electron chi connectivity index (χ1n) is 12.0. The van der Waals surface area contributed by atoms with Crippen LogP contribution in [-0.2, 0) is 15.6 Å². The number of aromatic nitrogens is 1. The predicted molar refractivity (Wildman–Crippen MR) is 138 cm³/mol. The zero-order chi connectivity index (χ0) is 24.4. The average Bonchev–Trinajstić information content (AvgIpc) is 3.32. The molecular weight excluding hydrogens is 436 g/mol. The van der Waals surface area contributed by atoms with Gasteiger partial charge in [0.2, 0.25) is 11.8 Å². The fourth-order valence-corrected chi connectivity index (χ4v) is 5.54. The van der Waals surface area contributed by atoms with Crippen molar-refractivity contribution in [1.29, 1.82) is 0 Å². The first kappa shape index (κ1) is 21.7. The summed E-state index contributed by atoms with van der Waals surface area (Å²) < 4.78 is 12.6. The van der Waals surface area contributed by atoms with Crippen LogP contribution < -0.4 is 4.74 Å². The molecule has 35 heavy (non-hydrogen) atoms. The molecule has 5 nitrogen and oxygen atoms in total. The highest BCUT2D eigenvalue weighted by molar-refractivity contribution is 5.96. The second kappa shape index (κ2) is 7.57. The summed E-state index contributed by atoms with van der Waals surface area (Å²) in [6.07, 6.45) is -0.0582. The number of phenolic OH excluding ortho intramolecular Hbond substituents is 1. The Bertz CT molecular complexity index is 1490. The van der Waals surface area contributed by atoms with Crippen molar-refractivity contribution in [2.24, 2.45) is 4.99 Å². The van der Waals surface area contributed by atoms with Crippen LogP contribution in [0.2, 0.25) is 0 Å². The minimum atomic E-state index is -0.173. The maximum absolute atomic E-state index is 10.2. The third kappa shape index (κ3) is 3.37. The molecule has 1 aliphatic carbocycles. The molecule has 6 rings (SSSR count). The molecule has 0 saturated carbocycles. The number of benzene rings is 3. The Balaban J connectivity index is 1.32. The highest BCUT2D eigenvalue weighted by atomic mass is 16.5. The molecular formula is C30H28N2O3. The molecule has 1 N–H and O–H groups in total. The van der Waals surface area contributed by atoms with Gasteiger partial charge in [-0.2, -0.15) is 0 Å². The third-order valence-corrected chi connectivity index (χ3v) is 7.52. The van der Waals surface area contributed by atoms with Gasteiger partial charge in [-0.05, 0) is 41.5 Å². The monoisotopic (exact) mass is 464 g/mol. The minimum absolute atomic E-state index is 0.0112. The van der Waals surface area contributed by atoms with Crippen LogP contribution in [0.25, 0.3) is 10.9 Å². The van der Waals surface area contributed by atoms with E-state index in [2.05, 4.69) is 56.9 Å². The van der Waals surface area contributed by atoms with Gasteiger partial charge in [-0.3, -0.25) is 0 Å². The van der Waals surface area contributed by atoms with Gasteiger partial charge in [0.25, 0.3) is 0 Å². The van der Waals surface area contributed by atoms with E-state index in [1.165, 1.54) is 11.1 Å². The molecule has 4 aromatic rings. The molecule has 0 bridgehead atoms. The number of aliphatic imine (C=N–C) groups is 1. The topological polar surface area (TPSA) is 63.9 Å². The number of ether oxygens (including phenoxy) is 2. The van der Waals surface area contributed by atoms with Gasteiger partial charge >= 0.3 is 0 Å². The van der Waals surface area contributed by atoms with Crippen molar-refractivity contribution >= 4 is 16.8 Å². The smallest absolute Gasteiger partial charge is 0.219 e. The lowest BCUT2D eigenvalue weighted by molar-refractivity contribution is 0.0759. The molecule has 0 unspecified atom stereocenters. The summed E-state index contributed by atoms with van der Waals surface area (Å²) in [7, 11) is 0. The Morgan fingerprint density at radius 2 is 1.57 bits per heavy atom. The number of pyridine rings is 1. The van der Waals surface area contributed by atoms with E-state index in [1.807, 2.05) is 36.4 Å². The van der Waals surface area contributed by atoms with Crippen LogP contribution >= 0.6 is 0 Å². The van der Waals surface area contributed by atoms with E-state index in [0.717, 1.165) is 10.9 Å². The molecule has 176 valence electrons. The lowest BCUT2D eigenvalue weighted by atomic mass is 9.59. The van der Waals surface area contributed by atoms with Crippen molar-refractivity contribution in [3.63, 3.8) is 0 Å². The lowest BCUT2D eigenvalue weighted by Crippen LogP contribution is -2.54. The Morgan fingerprint density at radius 1 is 0.829 bits per heavy atom. The largest absolute Gasteiger partial charge is 0.506 e. The Labute approximate surface area is 205 Å². The minimum Gasteiger partial charge on any atom is -0.506 e. The van der Waals surface area contributed by atoms with Crippen molar-refractivity contribution in [1.82, 2.24) is 4.98 Å². The van der Waals surface area contributed by atoms with Crippen molar-refractivity contribution < 1.29 is 14.6 Å². The molecule has 1 aromatic heterocycles. The summed E-state index contributed by atoms with van der Waals surface area (Å²) in [5, 5.41) is 11.0. The molecule has 2 atom stereocenters. The van der Waals surface area contributed by atoms with Crippen molar-refractivity contribution in [3.8, 4) is 17.4 Å². The van der Waals surface area contributed by atoms with E-state index in [9.17, 15) is 5.11 Å². The second-order valence-corrected chi connectivity index (χ2v) is 10.5. The quantitative estimate of drug-likeness (QED) is 0.375.